The number of benzene rings is 1. The van der Waals surface area contributed by atoms with Crippen molar-refractivity contribution < 1.29 is 14.7 Å². The molecule has 0 aliphatic rings. The molecule has 0 saturated heterocycles. The summed E-state index contributed by atoms with van der Waals surface area (Å²) < 4.78 is 0. The maximum atomic E-state index is 11.8. The highest BCUT2D eigenvalue weighted by Gasteiger charge is 2.22. The minimum Gasteiger partial charge on any atom is -0.479 e. The molecule has 0 aromatic heterocycles. The van der Waals surface area contributed by atoms with Gasteiger partial charge in [-0.05, 0) is 30.9 Å². The number of nitrogens with one attached hydrogen (secondary N) is 2. The standard InChI is InChI=1S/C14H20N2O3S/c1-10(8-9-20-2)15-14(19)16-12(13(17)18)11-6-4-3-5-7-11/h3-7,10,12H,8-9H2,1-2H3,(H,17,18)(H2,15,16,19). The van der Waals surface area contributed by atoms with Crippen LogP contribution in [0, 0.1) is 0 Å². The van der Waals surface area contributed by atoms with Crippen molar-refractivity contribution in [3.05, 3.63) is 35.9 Å². The highest BCUT2D eigenvalue weighted by Crippen LogP contribution is 2.12. The minimum atomic E-state index is -1.08. The van der Waals surface area contributed by atoms with Gasteiger partial charge in [-0.25, -0.2) is 9.59 Å². The van der Waals surface area contributed by atoms with E-state index < -0.39 is 18.0 Å². The van der Waals surface area contributed by atoms with E-state index in [1.165, 1.54) is 0 Å². The second-order valence-corrected chi connectivity index (χ2v) is 5.47. The molecule has 20 heavy (non-hydrogen) atoms. The molecule has 0 saturated carbocycles. The zero-order chi connectivity index (χ0) is 15.0. The van der Waals surface area contributed by atoms with Crippen LogP contribution in [0.25, 0.3) is 0 Å². The number of amides is 2. The number of hydrogen-bond acceptors (Lipinski definition) is 3. The molecule has 2 amide bonds. The van der Waals surface area contributed by atoms with Gasteiger partial charge in [0.1, 0.15) is 0 Å². The Morgan fingerprint density at radius 3 is 2.45 bits per heavy atom. The van der Waals surface area contributed by atoms with E-state index in [1.54, 1.807) is 42.1 Å². The Hall–Kier alpha value is -1.69. The Bertz CT molecular complexity index is 439. The van der Waals surface area contributed by atoms with Crippen molar-refractivity contribution in [3.8, 4) is 0 Å². The third kappa shape index (κ3) is 5.52. The van der Waals surface area contributed by atoms with E-state index in [9.17, 15) is 14.7 Å². The van der Waals surface area contributed by atoms with Gasteiger partial charge in [0, 0.05) is 6.04 Å². The number of carboxylic acid groups (broad SMARTS) is 1. The number of aliphatic carboxylic acids is 1. The highest BCUT2D eigenvalue weighted by molar-refractivity contribution is 7.98. The van der Waals surface area contributed by atoms with Crippen LogP contribution in [0.1, 0.15) is 24.9 Å². The molecule has 6 heteroatoms. The molecule has 110 valence electrons. The van der Waals surface area contributed by atoms with Crippen molar-refractivity contribution in [2.75, 3.05) is 12.0 Å². The molecule has 0 bridgehead atoms. The summed E-state index contributed by atoms with van der Waals surface area (Å²) in [7, 11) is 0. The van der Waals surface area contributed by atoms with Crippen LogP contribution >= 0.6 is 11.8 Å². The molecule has 2 atom stereocenters. The lowest BCUT2D eigenvalue weighted by molar-refractivity contribution is -0.139. The summed E-state index contributed by atoms with van der Waals surface area (Å²) in [6.07, 6.45) is 2.85. The second kappa shape index (κ2) is 8.47. The maximum absolute atomic E-state index is 11.8. The monoisotopic (exact) mass is 296 g/mol. The molecule has 0 radical (unpaired) electrons. The Morgan fingerprint density at radius 1 is 1.25 bits per heavy atom. The number of thioether (sulfide) groups is 1. The summed E-state index contributed by atoms with van der Waals surface area (Å²) in [6, 6.07) is 7.14. The van der Waals surface area contributed by atoms with Crippen LogP contribution in [0.15, 0.2) is 30.3 Å². The number of carbonyl (C=O) groups is 2. The van der Waals surface area contributed by atoms with Crippen molar-refractivity contribution in [2.24, 2.45) is 0 Å². The molecular weight excluding hydrogens is 276 g/mol. The lowest BCUT2D eigenvalue weighted by Crippen LogP contribution is -2.44. The zero-order valence-corrected chi connectivity index (χ0v) is 12.4. The van der Waals surface area contributed by atoms with Crippen molar-refractivity contribution in [3.63, 3.8) is 0 Å². The summed E-state index contributed by atoms with van der Waals surface area (Å²) in [4.78, 5) is 23.1. The number of carboxylic acids is 1. The molecule has 0 aliphatic heterocycles. The topological polar surface area (TPSA) is 78.4 Å². The van der Waals surface area contributed by atoms with Gasteiger partial charge in [-0.2, -0.15) is 11.8 Å². The van der Waals surface area contributed by atoms with Crippen LogP contribution in [0.4, 0.5) is 4.79 Å². The van der Waals surface area contributed by atoms with E-state index >= 15 is 0 Å². The van der Waals surface area contributed by atoms with Crippen molar-refractivity contribution in [2.45, 2.75) is 25.4 Å². The highest BCUT2D eigenvalue weighted by atomic mass is 32.2. The molecule has 3 N–H and O–H groups in total. The molecule has 0 heterocycles. The lowest BCUT2D eigenvalue weighted by atomic mass is 10.1. The van der Waals surface area contributed by atoms with Gasteiger partial charge in [-0.15, -0.1) is 0 Å². The molecule has 0 aliphatic carbocycles. The molecule has 2 unspecified atom stereocenters. The van der Waals surface area contributed by atoms with Gasteiger partial charge >= 0.3 is 12.0 Å². The molecule has 5 nitrogen and oxygen atoms in total. The summed E-state index contributed by atoms with van der Waals surface area (Å²) in [6.45, 7) is 1.90. The van der Waals surface area contributed by atoms with Crippen molar-refractivity contribution in [1.82, 2.24) is 10.6 Å². The Balaban J connectivity index is 2.59. The fourth-order valence-corrected chi connectivity index (χ4v) is 2.29. The zero-order valence-electron chi connectivity index (χ0n) is 11.6. The van der Waals surface area contributed by atoms with E-state index in [4.69, 9.17) is 0 Å². The van der Waals surface area contributed by atoms with E-state index in [1.807, 2.05) is 13.2 Å². The fraction of sp³-hybridized carbons (Fsp3) is 0.429. The normalized spacial score (nSPS) is 13.3. The van der Waals surface area contributed by atoms with E-state index in [-0.39, 0.29) is 6.04 Å². The Labute approximate surface area is 123 Å². The Morgan fingerprint density at radius 2 is 1.90 bits per heavy atom. The molecular formula is C14H20N2O3S. The fourth-order valence-electron chi connectivity index (χ4n) is 1.70. The maximum Gasteiger partial charge on any atom is 0.330 e. The summed E-state index contributed by atoms with van der Waals surface area (Å²) >= 11 is 1.71. The number of rotatable bonds is 7. The van der Waals surface area contributed by atoms with Crippen LogP contribution < -0.4 is 10.6 Å². The minimum absolute atomic E-state index is 0.00710. The van der Waals surface area contributed by atoms with Gasteiger partial charge in [0.25, 0.3) is 0 Å². The van der Waals surface area contributed by atoms with Crippen LogP contribution in [-0.2, 0) is 4.79 Å². The van der Waals surface area contributed by atoms with E-state index in [0.29, 0.717) is 5.56 Å². The first kappa shape index (κ1) is 16.4. The molecule has 1 aromatic carbocycles. The molecule has 1 aromatic rings. The molecule has 0 spiro atoms. The molecule has 1 rings (SSSR count). The predicted molar refractivity (Wildman–Crippen MR) is 80.9 cm³/mol. The number of urea groups is 1. The summed E-state index contributed by atoms with van der Waals surface area (Å²) in [5, 5.41) is 14.4. The van der Waals surface area contributed by atoms with Gasteiger partial charge in [0.2, 0.25) is 0 Å². The van der Waals surface area contributed by atoms with E-state index in [2.05, 4.69) is 10.6 Å². The average Bonchev–Trinajstić information content (AvgIpc) is 2.43. The van der Waals surface area contributed by atoms with Gasteiger partial charge in [-0.1, -0.05) is 30.3 Å². The van der Waals surface area contributed by atoms with Gasteiger partial charge in [0.15, 0.2) is 6.04 Å². The first-order valence-electron chi connectivity index (χ1n) is 6.38. The largest absolute Gasteiger partial charge is 0.479 e. The van der Waals surface area contributed by atoms with Crippen LogP contribution in [-0.4, -0.2) is 35.2 Å². The van der Waals surface area contributed by atoms with Gasteiger partial charge < -0.3 is 15.7 Å². The second-order valence-electron chi connectivity index (χ2n) is 4.48. The van der Waals surface area contributed by atoms with E-state index in [0.717, 1.165) is 12.2 Å². The predicted octanol–water partition coefficient (Wildman–Crippen LogP) is 2.25. The van der Waals surface area contributed by atoms with Gasteiger partial charge in [-0.3, -0.25) is 0 Å². The first-order valence-corrected chi connectivity index (χ1v) is 7.77. The third-order valence-corrected chi connectivity index (χ3v) is 3.43. The third-order valence-electron chi connectivity index (χ3n) is 2.79. The van der Waals surface area contributed by atoms with Crippen molar-refractivity contribution in [1.29, 1.82) is 0 Å². The summed E-state index contributed by atoms with van der Waals surface area (Å²) in [5.41, 5.74) is 0.548. The Kier molecular flexibility index (Phi) is 6.93. The van der Waals surface area contributed by atoms with Gasteiger partial charge in [0.05, 0.1) is 0 Å². The number of hydrogen-bond donors (Lipinski definition) is 3. The summed E-state index contributed by atoms with van der Waals surface area (Å²) in [5.74, 6) is -0.134. The molecule has 0 fully saturated rings. The average molecular weight is 296 g/mol. The van der Waals surface area contributed by atoms with Crippen LogP contribution in [0.3, 0.4) is 0 Å². The smallest absolute Gasteiger partial charge is 0.330 e. The SMILES string of the molecule is CSCCC(C)NC(=O)NC(C(=O)O)c1ccccc1. The van der Waals surface area contributed by atoms with Crippen LogP contribution in [0.2, 0.25) is 0 Å². The quantitative estimate of drug-likeness (QED) is 0.721. The first-order chi connectivity index (χ1) is 9.54. The van der Waals surface area contributed by atoms with Crippen LogP contribution in [0.5, 0.6) is 0 Å². The lowest BCUT2D eigenvalue weighted by Gasteiger charge is -2.18. The van der Waals surface area contributed by atoms with Crippen molar-refractivity contribution >= 4 is 23.8 Å². The number of carbonyl (C=O) groups excluding carboxylic acids is 1.